The van der Waals surface area contributed by atoms with Gasteiger partial charge < -0.3 is 15.0 Å². The van der Waals surface area contributed by atoms with Crippen molar-refractivity contribution >= 4 is 11.8 Å². The Morgan fingerprint density at radius 3 is 2.76 bits per heavy atom. The summed E-state index contributed by atoms with van der Waals surface area (Å²) in [5, 5.41) is 3.02. The molecule has 2 amide bonds. The van der Waals surface area contributed by atoms with Crippen LogP contribution in [0.25, 0.3) is 0 Å². The number of benzene rings is 1. The van der Waals surface area contributed by atoms with Gasteiger partial charge in [0.2, 0.25) is 11.8 Å². The topological polar surface area (TPSA) is 58.6 Å². The van der Waals surface area contributed by atoms with Crippen molar-refractivity contribution in [3.8, 4) is 5.75 Å². The number of amides is 2. The third-order valence-electron chi connectivity index (χ3n) is 4.59. The predicted molar refractivity (Wildman–Crippen MR) is 98.5 cm³/mol. The van der Waals surface area contributed by atoms with E-state index >= 15 is 0 Å². The number of ether oxygens (including phenoxy) is 1. The molecule has 1 aromatic carbocycles. The summed E-state index contributed by atoms with van der Waals surface area (Å²) in [6.45, 7) is 7.88. The Morgan fingerprint density at radius 1 is 1.32 bits per heavy atom. The summed E-state index contributed by atoms with van der Waals surface area (Å²) in [6.07, 6.45) is 2.42. The van der Waals surface area contributed by atoms with Crippen LogP contribution < -0.4 is 10.1 Å². The second kappa shape index (κ2) is 8.37. The first-order chi connectivity index (χ1) is 11.8. The average Bonchev–Trinajstić information content (AvgIpc) is 2.59. The average molecular weight is 346 g/mol. The summed E-state index contributed by atoms with van der Waals surface area (Å²) in [5.74, 6) is 1.30. The molecule has 1 unspecified atom stereocenters. The third kappa shape index (κ3) is 5.76. The fourth-order valence-corrected chi connectivity index (χ4v) is 3.03. The molecule has 1 aliphatic rings. The van der Waals surface area contributed by atoms with Gasteiger partial charge in [-0.25, -0.2) is 0 Å². The van der Waals surface area contributed by atoms with Crippen molar-refractivity contribution in [2.24, 2.45) is 11.3 Å². The summed E-state index contributed by atoms with van der Waals surface area (Å²) < 4.78 is 5.22. The highest BCUT2D eigenvalue weighted by atomic mass is 16.5. The fraction of sp³-hybridized carbons (Fsp3) is 0.600. The van der Waals surface area contributed by atoms with E-state index in [0.717, 1.165) is 30.7 Å². The van der Waals surface area contributed by atoms with E-state index < -0.39 is 0 Å². The standard InChI is InChI=1S/C20H30N2O3/c1-20(2,3)19(24)21-13-16-8-6-10-22(14-16)18(23)12-15-7-5-9-17(11-15)25-4/h5,7,9,11,16H,6,8,10,12-14H2,1-4H3,(H,21,24). The lowest BCUT2D eigenvalue weighted by atomic mass is 9.94. The second-order valence-electron chi connectivity index (χ2n) is 7.84. The lowest BCUT2D eigenvalue weighted by molar-refractivity contribution is -0.132. The van der Waals surface area contributed by atoms with Gasteiger partial charge in [0.25, 0.3) is 0 Å². The maximum Gasteiger partial charge on any atom is 0.227 e. The lowest BCUT2D eigenvalue weighted by Crippen LogP contribution is -2.45. The van der Waals surface area contributed by atoms with E-state index in [9.17, 15) is 9.59 Å². The predicted octanol–water partition coefficient (Wildman–Crippen LogP) is 2.64. The van der Waals surface area contributed by atoms with Gasteiger partial charge in [0.15, 0.2) is 0 Å². The highest BCUT2D eigenvalue weighted by molar-refractivity contribution is 5.81. The Bertz CT molecular complexity index is 607. The summed E-state index contributed by atoms with van der Waals surface area (Å²) >= 11 is 0. The molecule has 138 valence electrons. The minimum Gasteiger partial charge on any atom is -0.497 e. The summed E-state index contributed by atoms with van der Waals surface area (Å²) in [7, 11) is 1.63. The van der Waals surface area contributed by atoms with E-state index in [4.69, 9.17) is 4.74 Å². The van der Waals surface area contributed by atoms with Crippen LogP contribution in [0, 0.1) is 11.3 Å². The largest absolute Gasteiger partial charge is 0.497 e. The Kier molecular flexibility index (Phi) is 6.45. The quantitative estimate of drug-likeness (QED) is 0.892. The number of nitrogens with one attached hydrogen (secondary N) is 1. The molecule has 1 aliphatic heterocycles. The van der Waals surface area contributed by atoms with Crippen LogP contribution in [0.2, 0.25) is 0 Å². The van der Waals surface area contributed by atoms with E-state index in [0.29, 0.717) is 25.4 Å². The van der Waals surface area contributed by atoms with Crippen LogP contribution in [0.5, 0.6) is 5.75 Å². The normalized spacial score (nSPS) is 17.9. The van der Waals surface area contributed by atoms with Gasteiger partial charge in [-0.15, -0.1) is 0 Å². The number of likely N-dealkylation sites (tertiary alicyclic amines) is 1. The molecule has 25 heavy (non-hydrogen) atoms. The van der Waals surface area contributed by atoms with Crippen LogP contribution in [0.4, 0.5) is 0 Å². The van der Waals surface area contributed by atoms with Gasteiger partial charge in [0.1, 0.15) is 5.75 Å². The molecule has 0 saturated carbocycles. The molecule has 1 aromatic rings. The van der Waals surface area contributed by atoms with E-state index in [-0.39, 0.29) is 17.2 Å². The Morgan fingerprint density at radius 2 is 2.08 bits per heavy atom. The molecule has 0 radical (unpaired) electrons. The van der Waals surface area contributed by atoms with Crippen LogP contribution in [-0.4, -0.2) is 43.5 Å². The van der Waals surface area contributed by atoms with Crippen LogP contribution in [0.3, 0.4) is 0 Å². The minimum atomic E-state index is -0.378. The Labute approximate surface area is 150 Å². The van der Waals surface area contributed by atoms with Gasteiger partial charge >= 0.3 is 0 Å². The molecular formula is C20H30N2O3. The first-order valence-electron chi connectivity index (χ1n) is 8.98. The number of hydrogen-bond acceptors (Lipinski definition) is 3. The first-order valence-corrected chi connectivity index (χ1v) is 8.98. The maximum atomic E-state index is 12.6. The Hall–Kier alpha value is -2.04. The summed E-state index contributed by atoms with van der Waals surface area (Å²) in [5.41, 5.74) is 0.587. The van der Waals surface area contributed by atoms with Crippen molar-refractivity contribution in [3.63, 3.8) is 0 Å². The highest BCUT2D eigenvalue weighted by Gasteiger charge is 2.26. The monoisotopic (exact) mass is 346 g/mol. The van der Waals surface area contributed by atoms with Crippen LogP contribution in [0.15, 0.2) is 24.3 Å². The van der Waals surface area contributed by atoms with Crippen molar-refractivity contribution in [2.75, 3.05) is 26.7 Å². The van der Waals surface area contributed by atoms with E-state index in [1.165, 1.54) is 0 Å². The number of nitrogens with zero attached hydrogens (tertiary/aromatic N) is 1. The summed E-state index contributed by atoms with van der Waals surface area (Å²) in [6, 6.07) is 7.64. The fourth-order valence-electron chi connectivity index (χ4n) is 3.03. The third-order valence-corrected chi connectivity index (χ3v) is 4.59. The number of methoxy groups -OCH3 is 1. The molecule has 1 saturated heterocycles. The molecule has 5 heteroatoms. The number of carbonyl (C=O) groups excluding carboxylic acids is 2. The molecule has 1 N–H and O–H groups in total. The SMILES string of the molecule is COc1cccc(CC(=O)N2CCCC(CNC(=O)C(C)(C)C)C2)c1. The van der Waals surface area contributed by atoms with Gasteiger partial charge in [-0.2, -0.15) is 0 Å². The number of piperidine rings is 1. The molecule has 1 heterocycles. The smallest absolute Gasteiger partial charge is 0.227 e. The van der Waals surface area contributed by atoms with Crippen molar-refractivity contribution in [1.29, 1.82) is 0 Å². The Balaban J connectivity index is 1.87. The molecule has 5 nitrogen and oxygen atoms in total. The molecule has 0 bridgehead atoms. The van der Waals surface area contributed by atoms with Crippen LogP contribution in [0.1, 0.15) is 39.2 Å². The van der Waals surface area contributed by atoms with Crippen molar-refractivity contribution in [2.45, 2.75) is 40.0 Å². The number of rotatable bonds is 5. The van der Waals surface area contributed by atoms with Gasteiger partial charge in [-0.1, -0.05) is 32.9 Å². The van der Waals surface area contributed by atoms with E-state index in [2.05, 4.69) is 5.32 Å². The van der Waals surface area contributed by atoms with Gasteiger partial charge in [0.05, 0.1) is 13.5 Å². The molecule has 0 spiro atoms. The first kappa shape index (κ1) is 19.3. The van der Waals surface area contributed by atoms with E-state index in [1.54, 1.807) is 7.11 Å². The lowest BCUT2D eigenvalue weighted by Gasteiger charge is -2.33. The van der Waals surface area contributed by atoms with Gasteiger partial charge in [-0.05, 0) is 36.5 Å². The zero-order valence-electron chi connectivity index (χ0n) is 15.8. The summed E-state index contributed by atoms with van der Waals surface area (Å²) in [4.78, 5) is 26.6. The molecule has 1 atom stereocenters. The molecule has 2 rings (SSSR count). The van der Waals surface area contributed by atoms with E-state index in [1.807, 2.05) is 49.9 Å². The van der Waals surface area contributed by atoms with Crippen molar-refractivity contribution in [3.05, 3.63) is 29.8 Å². The van der Waals surface area contributed by atoms with Crippen molar-refractivity contribution < 1.29 is 14.3 Å². The highest BCUT2D eigenvalue weighted by Crippen LogP contribution is 2.19. The van der Waals surface area contributed by atoms with Crippen LogP contribution >= 0.6 is 0 Å². The number of carbonyl (C=O) groups is 2. The zero-order chi connectivity index (χ0) is 18.4. The maximum absolute atomic E-state index is 12.6. The molecule has 1 fully saturated rings. The zero-order valence-corrected chi connectivity index (χ0v) is 15.8. The van der Waals surface area contributed by atoms with Crippen LogP contribution in [-0.2, 0) is 16.0 Å². The van der Waals surface area contributed by atoms with Gasteiger partial charge in [-0.3, -0.25) is 9.59 Å². The molecule has 0 aromatic heterocycles. The molecular weight excluding hydrogens is 316 g/mol. The van der Waals surface area contributed by atoms with Gasteiger partial charge in [0, 0.05) is 25.0 Å². The molecule has 0 aliphatic carbocycles. The second-order valence-corrected chi connectivity index (χ2v) is 7.84. The van der Waals surface area contributed by atoms with Crippen molar-refractivity contribution in [1.82, 2.24) is 10.2 Å². The number of hydrogen-bond donors (Lipinski definition) is 1. The minimum absolute atomic E-state index is 0.0623.